The molecule has 0 saturated heterocycles. The first-order valence-electron chi connectivity index (χ1n) is 8.64. The van der Waals surface area contributed by atoms with Crippen molar-refractivity contribution in [3.8, 4) is 17.2 Å². The fourth-order valence-corrected chi connectivity index (χ4v) is 3.49. The van der Waals surface area contributed by atoms with E-state index in [4.69, 9.17) is 9.84 Å². The Labute approximate surface area is 191 Å². The third-order valence-electron chi connectivity index (χ3n) is 4.91. The molecule has 0 saturated carbocycles. The van der Waals surface area contributed by atoms with Gasteiger partial charge in [-0.05, 0) is 34.6 Å². The molecule has 1 heterocycles. The monoisotopic (exact) mass is 414 g/mol. The summed E-state index contributed by atoms with van der Waals surface area (Å²) < 4.78 is 5.56. The summed E-state index contributed by atoms with van der Waals surface area (Å²) in [4.78, 5) is 48.8. The van der Waals surface area contributed by atoms with Crippen LogP contribution in [0, 0.1) is 12.8 Å². The average molecular weight is 414 g/mol. The molecule has 152 valence electrons. The van der Waals surface area contributed by atoms with Crippen molar-refractivity contribution in [1.82, 2.24) is 0 Å². The topological polar surface area (TPSA) is 138 Å². The number of ketones is 4. The third-order valence-corrected chi connectivity index (χ3v) is 4.91. The van der Waals surface area contributed by atoms with Gasteiger partial charge in [0, 0.05) is 18.2 Å². The number of hydrogen-bond donors (Lipinski definition) is 3. The summed E-state index contributed by atoms with van der Waals surface area (Å²) in [7, 11) is 0. The van der Waals surface area contributed by atoms with Crippen LogP contribution in [-0.2, 0) is 19.8 Å². The smallest absolute Gasteiger partial charge is 1.00 e. The maximum atomic E-state index is 13.0. The average Bonchev–Trinajstić information content (AvgIpc) is 2.86. The van der Waals surface area contributed by atoms with Crippen molar-refractivity contribution in [3.05, 3.63) is 28.5 Å². The van der Waals surface area contributed by atoms with Crippen LogP contribution < -0.4 is 34.3 Å². The first-order chi connectivity index (χ1) is 12.9. The molecule has 3 rings (SSSR count). The third kappa shape index (κ3) is 3.66. The molecule has 0 fully saturated rings. The molecular formula is C20H23NaO8. The zero-order chi connectivity index (χ0) is 21.5. The number of phenols is 2. The van der Waals surface area contributed by atoms with E-state index in [1.54, 1.807) is 6.92 Å². The second kappa shape index (κ2) is 8.79. The van der Waals surface area contributed by atoms with Crippen molar-refractivity contribution in [2.24, 2.45) is 5.92 Å². The summed E-state index contributed by atoms with van der Waals surface area (Å²) >= 11 is 0. The molecule has 0 radical (unpaired) electrons. The molecule has 3 N–H and O–H groups in total. The van der Waals surface area contributed by atoms with Gasteiger partial charge in [-0.3, -0.25) is 19.2 Å². The molecule has 2 aliphatic rings. The maximum Gasteiger partial charge on any atom is 1.00 e. The predicted octanol–water partition coefficient (Wildman–Crippen LogP) is -1.39. The molecule has 1 aliphatic carbocycles. The number of hydrogen-bond acceptors (Lipinski definition) is 8. The van der Waals surface area contributed by atoms with Gasteiger partial charge in [0.1, 0.15) is 45.7 Å². The van der Waals surface area contributed by atoms with E-state index in [2.05, 4.69) is 0 Å². The van der Waals surface area contributed by atoms with Gasteiger partial charge in [-0.2, -0.15) is 0 Å². The normalized spacial score (nSPS) is 21.6. The van der Waals surface area contributed by atoms with Crippen LogP contribution >= 0.6 is 0 Å². The Hall–Kier alpha value is -2.00. The minimum absolute atomic E-state index is 0. The van der Waals surface area contributed by atoms with E-state index in [0.29, 0.717) is 0 Å². The van der Waals surface area contributed by atoms with E-state index in [1.807, 2.05) is 0 Å². The van der Waals surface area contributed by atoms with Gasteiger partial charge < -0.3 is 21.5 Å². The Morgan fingerprint density at radius 3 is 2.17 bits per heavy atom. The van der Waals surface area contributed by atoms with E-state index in [1.165, 1.54) is 20.8 Å². The van der Waals surface area contributed by atoms with Crippen LogP contribution in [0.25, 0.3) is 0 Å². The molecule has 0 spiro atoms. The Kier molecular flexibility index (Phi) is 7.59. The molecule has 8 nitrogen and oxygen atoms in total. The summed E-state index contributed by atoms with van der Waals surface area (Å²) in [6.45, 7) is 7.10. The van der Waals surface area contributed by atoms with Gasteiger partial charge in [0.15, 0.2) is 17.3 Å². The van der Waals surface area contributed by atoms with Crippen molar-refractivity contribution in [2.75, 3.05) is 6.61 Å². The number of Topliss-reactive ketones (excluding diaryl/α,β-unsaturated/α-hetero) is 3. The number of aliphatic hydroxyl groups is 1. The minimum atomic E-state index is -1.59. The van der Waals surface area contributed by atoms with E-state index in [-0.39, 0.29) is 65.8 Å². The van der Waals surface area contributed by atoms with Crippen LogP contribution in [0.4, 0.5) is 0 Å². The molecule has 9 heteroatoms. The van der Waals surface area contributed by atoms with E-state index < -0.39 is 46.0 Å². The number of benzene rings is 1. The number of aliphatic hydroxyl groups excluding tert-OH is 1. The molecule has 0 bridgehead atoms. The number of allylic oxidation sites excluding steroid dienone is 2. The van der Waals surface area contributed by atoms with Gasteiger partial charge in [0.2, 0.25) is 0 Å². The number of phenolic OH excluding ortho intramolecular Hbond substituents is 2. The largest absolute Gasteiger partial charge is 1.00 e. The van der Waals surface area contributed by atoms with Gasteiger partial charge in [0.25, 0.3) is 0 Å². The number of rotatable bonds is 2. The Morgan fingerprint density at radius 1 is 1.21 bits per heavy atom. The second-order valence-corrected chi connectivity index (χ2v) is 6.82. The molecule has 29 heavy (non-hydrogen) atoms. The van der Waals surface area contributed by atoms with Gasteiger partial charge in [-0.15, -0.1) is 0 Å². The number of aromatic hydroxyl groups is 2. The first-order valence-corrected chi connectivity index (χ1v) is 8.64. The number of fused-ring (bicyclic) bond motifs is 3. The molecule has 2 unspecified atom stereocenters. The molecular weight excluding hydrogens is 391 g/mol. The molecule has 1 aromatic carbocycles. The summed E-state index contributed by atoms with van der Waals surface area (Å²) in [5.41, 5.74) is -1.77. The predicted molar refractivity (Wildman–Crippen MR) is 98.6 cm³/mol. The SMILES string of the molecule is CC(=O)c1c(O)c(C)c(O)c2c1OC1=CC(=O)C(C(C)=O)C(=O)C12C.CCO.[H-].[Na+]. The van der Waals surface area contributed by atoms with Crippen LogP contribution in [-0.4, -0.2) is 45.1 Å². The van der Waals surface area contributed by atoms with Crippen LogP contribution in [0.15, 0.2) is 11.8 Å². The quantitative estimate of drug-likeness (QED) is 0.306. The van der Waals surface area contributed by atoms with Gasteiger partial charge >= 0.3 is 29.6 Å². The molecule has 0 aromatic heterocycles. The number of ether oxygens (including phenoxy) is 1. The molecule has 0 amide bonds. The van der Waals surface area contributed by atoms with Crippen LogP contribution in [0.2, 0.25) is 0 Å². The number of carbonyl (C=O) groups excluding carboxylic acids is 4. The Bertz CT molecular complexity index is 953. The van der Waals surface area contributed by atoms with Gasteiger partial charge in [-0.25, -0.2) is 0 Å². The second-order valence-electron chi connectivity index (χ2n) is 6.82. The van der Waals surface area contributed by atoms with Crippen molar-refractivity contribution >= 4 is 23.1 Å². The Morgan fingerprint density at radius 2 is 1.72 bits per heavy atom. The number of carbonyl (C=O) groups is 4. The van der Waals surface area contributed by atoms with Crippen LogP contribution in [0.5, 0.6) is 17.2 Å². The van der Waals surface area contributed by atoms with E-state index in [9.17, 15) is 29.4 Å². The van der Waals surface area contributed by atoms with Crippen LogP contribution in [0.3, 0.4) is 0 Å². The van der Waals surface area contributed by atoms with Crippen molar-refractivity contribution in [2.45, 2.75) is 40.0 Å². The van der Waals surface area contributed by atoms with E-state index in [0.717, 1.165) is 13.0 Å². The summed E-state index contributed by atoms with van der Waals surface area (Å²) in [6, 6.07) is 0. The zero-order valence-corrected chi connectivity index (χ0v) is 19.2. The summed E-state index contributed by atoms with van der Waals surface area (Å²) in [6.07, 6.45) is 1.04. The molecule has 1 aliphatic heterocycles. The molecule has 1 aromatic rings. The fourth-order valence-electron chi connectivity index (χ4n) is 3.49. The van der Waals surface area contributed by atoms with Crippen molar-refractivity contribution in [1.29, 1.82) is 0 Å². The zero-order valence-electron chi connectivity index (χ0n) is 18.2. The summed E-state index contributed by atoms with van der Waals surface area (Å²) in [5, 5.41) is 28.3. The van der Waals surface area contributed by atoms with Crippen LogP contribution in [0.1, 0.15) is 50.6 Å². The standard InChI is InChI=1S/C18H16O7.C2H6O.Na.H/c1-6-14(22)12(8(3)20)16-13(15(6)23)18(4)10(25-16)5-9(21)11(7(2)19)17(18)24;1-2-3;;/h5,11,22-23H,1-4H3;3H,2H2,1H3;;/q;;+1;-1. The minimum Gasteiger partial charge on any atom is -1.00 e. The Balaban J connectivity index is 0.00000159. The van der Waals surface area contributed by atoms with E-state index >= 15 is 0 Å². The van der Waals surface area contributed by atoms with Crippen molar-refractivity contribution < 1.29 is 70.2 Å². The first kappa shape index (κ1) is 25.0. The maximum absolute atomic E-state index is 13.0. The summed E-state index contributed by atoms with van der Waals surface area (Å²) in [5.74, 6) is -5.15. The van der Waals surface area contributed by atoms with Gasteiger partial charge in [-0.1, -0.05) is 0 Å². The molecule has 2 atom stereocenters. The van der Waals surface area contributed by atoms with Gasteiger partial charge in [0.05, 0.1) is 5.56 Å². The fraction of sp³-hybridized carbons (Fsp3) is 0.400. The van der Waals surface area contributed by atoms with Crippen molar-refractivity contribution in [3.63, 3.8) is 0 Å².